The Balaban J connectivity index is 1.72. The van der Waals surface area contributed by atoms with Gasteiger partial charge in [-0.25, -0.2) is 4.68 Å². The number of hydrogen-bond acceptors (Lipinski definition) is 3. The molecular formula is C20H25N5O. The second-order valence-corrected chi connectivity index (χ2v) is 6.62. The minimum atomic E-state index is -0.00420. The number of rotatable bonds is 5. The molecule has 0 unspecified atom stereocenters. The van der Waals surface area contributed by atoms with Crippen LogP contribution in [0.5, 0.6) is 0 Å². The largest absolute Gasteiger partial charge is 0.352 e. The number of benzene rings is 1. The lowest BCUT2D eigenvalue weighted by molar-refractivity contribution is -0.120. The molecule has 2 aromatic heterocycles. The van der Waals surface area contributed by atoms with E-state index in [1.807, 2.05) is 74.4 Å². The molecule has 6 nitrogen and oxygen atoms in total. The average molecular weight is 351 g/mol. The van der Waals surface area contributed by atoms with Crippen molar-refractivity contribution in [1.82, 2.24) is 24.9 Å². The van der Waals surface area contributed by atoms with E-state index in [-0.39, 0.29) is 5.91 Å². The number of aryl methyl sites for hydroxylation is 3. The van der Waals surface area contributed by atoms with Crippen molar-refractivity contribution < 1.29 is 4.79 Å². The minimum absolute atomic E-state index is 0.00420. The highest BCUT2D eigenvalue weighted by atomic mass is 16.1. The second-order valence-electron chi connectivity index (χ2n) is 6.62. The van der Waals surface area contributed by atoms with Crippen molar-refractivity contribution in [3.63, 3.8) is 0 Å². The van der Waals surface area contributed by atoms with E-state index in [9.17, 15) is 4.79 Å². The van der Waals surface area contributed by atoms with Crippen LogP contribution >= 0.6 is 0 Å². The summed E-state index contributed by atoms with van der Waals surface area (Å²) in [5, 5.41) is 12.0. The van der Waals surface area contributed by atoms with Crippen LogP contribution in [0.3, 0.4) is 0 Å². The molecule has 0 aliphatic rings. The molecular weight excluding hydrogens is 326 g/mol. The molecule has 0 saturated heterocycles. The molecule has 6 heteroatoms. The fourth-order valence-corrected chi connectivity index (χ4v) is 3.23. The van der Waals surface area contributed by atoms with E-state index in [2.05, 4.69) is 15.5 Å². The zero-order valence-electron chi connectivity index (χ0n) is 16.0. The Bertz CT molecular complexity index is 937. The molecule has 0 bridgehead atoms. The summed E-state index contributed by atoms with van der Waals surface area (Å²) in [7, 11) is 1.90. The molecule has 2 heterocycles. The highest BCUT2D eigenvalue weighted by Gasteiger charge is 2.16. The van der Waals surface area contributed by atoms with Gasteiger partial charge in [0.05, 0.1) is 23.5 Å². The van der Waals surface area contributed by atoms with Crippen LogP contribution in [0, 0.1) is 27.7 Å². The van der Waals surface area contributed by atoms with E-state index in [1.54, 1.807) is 0 Å². The Kier molecular flexibility index (Phi) is 4.93. The molecule has 0 aliphatic heterocycles. The SMILES string of the molecule is Cc1nn(C)c(C)c1CC(=O)NCc1c(C)nn(-c2ccccc2)c1C. The van der Waals surface area contributed by atoms with Gasteiger partial charge in [0.25, 0.3) is 0 Å². The number of amides is 1. The summed E-state index contributed by atoms with van der Waals surface area (Å²) in [6.45, 7) is 8.41. The third-order valence-corrected chi connectivity index (χ3v) is 4.90. The number of carbonyl (C=O) groups excluding carboxylic acids is 1. The van der Waals surface area contributed by atoms with Crippen molar-refractivity contribution >= 4 is 5.91 Å². The standard InChI is InChI=1S/C20H25N5O/c1-13-18(15(3)24(5)22-13)11-20(26)21-12-19-14(2)23-25(16(19)4)17-9-7-6-8-10-17/h6-10H,11-12H2,1-5H3,(H,21,26). The maximum Gasteiger partial charge on any atom is 0.224 e. The summed E-state index contributed by atoms with van der Waals surface area (Å²) < 4.78 is 3.74. The normalized spacial score (nSPS) is 11.0. The topological polar surface area (TPSA) is 64.7 Å². The quantitative estimate of drug-likeness (QED) is 0.769. The van der Waals surface area contributed by atoms with Crippen LogP contribution in [0.2, 0.25) is 0 Å². The first-order valence-corrected chi connectivity index (χ1v) is 8.74. The first kappa shape index (κ1) is 17.9. The number of aromatic nitrogens is 4. The maximum absolute atomic E-state index is 12.4. The number of carbonyl (C=O) groups is 1. The van der Waals surface area contributed by atoms with Gasteiger partial charge in [-0.15, -0.1) is 0 Å². The molecule has 0 spiro atoms. The van der Waals surface area contributed by atoms with Gasteiger partial charge in [-0.05, 0) is 39.8 Å². The number of nitrogens with one attached hydrogen (secondary N) is 1. The molecule has 1 amide bonds. The van der Waals surface area contributed by atoms with Gasteiger partial charge in [0.2, 0.25) is 5.91 Å². The molecule has 0 aliphatic carbocycles. The van der Waals surface area contributed by atoms with Crippen molar-refractivity contribution in [2.45, 2.75) is 40.7 Å². The van der Waals surface area contributed by atoms with Crippen molar-refractivity contribution in [2.24, 2.45) is 7.05 Å². The third kappa shape index (κ3) is 3.40. The van der Waals surface area contributed by atoms with Gasteiger partial charge in [0.1, 0.15) is 0 Å². The highest BCUT2D eigenvalue weighted by molar-refractivity contribution is 5.79. The molecule has 1 N–H and O–H groups in total. The first-order valence-electron chi connectivity index (χ1n) is 8.74. The molecule has 0 atom stereocenters. The van der Waals surface area contributed by atoms with E-state index in [0.717, 1.165) is 39.6 Å². The summed E-state index contributed by atoms with van der Waals surface area (Å²) in [5.41, 5.74) is 6.99. The van der Waals surface area contributed by atoms with Crippen LogP contribution < -0.4 is 5.32 Å². The smallest absolute Gasteiger partial charge is 0.224 e. The van der Waals surface area contributed by atoms with E-state index in [0.29, 0.717) is 13.0 Å². The van der Waals surface area contributed by atoms with Gasteiger partial charge in [-0.2, -0.15) is 10.2 Å². The lowest BCUT2D eigenvalue weighted by Crippen LogP contribution is -2.25. The fraction of sp³-hybridized carbons (Fsp3) is 0.350. The molecule has 0 fully saturated rings. The zero-order chi connectivity index (χ0) is 18.8. The molecule has 3 rings (SSSR count). The number of hydrogen-bond donors (Lipinski definition) is 1. The monoisotopic (exact) mass is 351 g/mol. The van der Waals surface area contributed by atoms with Crippen LogP contribution in [0.4, 0.5) is 0 Å². The lowest BCUT2D eigenvalue weighted by Gasteiger charge is -2.08. The fourth-order valence-electron chi connectivity index (χ4n) is 3.23. The second kappa shape index (κ2) is 7.15. The van der Waals surface area contributed by atoms with Gasteiger partial charge < -0.3 is 5.32 Å². The Morgan fingerprint density at radius 2 is 1.62 bits per heavy atom. The van der Waals surface area contributed by atoms with Crippen LogP contribution in [0.1, 0.15) is 33.9 Å². The predicted molar refractivity (Wildman–Crippen MR) is 101 cm³/mol. The summed E-state index contributed by atoms with van der Waals surface area (Å²) in [6, 6.07) is 10.0. The van der Waals surface area contributed by atoms with Crippen LogP contribution in [0.15, 0.2) is 30.3 Å². The van der Waals surface area contributed by atoms with Gasteiger partial charge in [0.15, 0.2) is 0 Å². The van der Waals surface area contributed by atoms with Crippen LogP contribution in [-0.2, 0) is 24.8 Å². The number of para-hydroxylation sites is 1. The van der Waals surface area contributed by atoms with E-state index < -0.39 is 0 Å². The Hall–Kier alpha value is -2.89. The van der Waals surface area contributed by atoms with Crippen molar-refractivity contribution in [3.8, 4) is 5.69 Å². The summed E-state index contributed by atoms with van der Waals surface area (Å²) in [6.07, 6.45) is 0.344. The van der Waals surface area contributed by atoms with Gasteiger partial charge in [-0.1, -0.05) is 18.2 Å². The van der Waals surface area contributed by atoms with Crippen molar-refractivity contribution in [1.29, 1.82) is 0 Å². The van der Waals surface area contributed by atoms with Gasteiger partial charge >= 0.3 is 0 Å². The number of nitrogens with zero attached hydrogens (tertiary/aromatic N) is 4. The van der Waals surface area contributed by atoms with Gasteiger partial charge in [0, 0.05) is 36.1 Å². The molecule has 3 aromatic rings. The van der Waals surface area contributed by atoms with Crippen molar-refractivity contribution in [3.05, 3.63) is 64.2 Å². The summed E-state index contributed by atoms with van der Waals surface area (Å²) >= 11 is 0. The van der Waals surface area contributed by atoms with E-state index in [4.69, 9.17) is 0 Å². The van der Waals surface area contributed by atoms with E-state index in [1.165, 1.54) is 0 Å². The Morgan fingerprint density at radius 1 is 0.962 bits per heavy atom. The summed E-state index contributed by atoms with van der Waals surface area (Å²) in [4.78, 5) is 12.4. The molecule has 0 saturated carbocycles. The molecule has 1 aromatic carbocycles. The van der Waals surface area contributed by atoms with Crippen LogP contribution in [0.25, 0.3) is 5.69 Å². The third-order valence-electron chi connectivity index (χ3n) is 4.90. The minimum Gasteiger partial charge on any atom is -0.352 e. The molecule has 0 radical (unpaired) electrons. The lowest BCUT2D eigenvalue weighted by atomic mass is 10.1. The first-order chi connectivity index (χ1) is 12.4. The van der Waals surface area contributed by atoms with Gasteiger partial charge in [-0.3, -0.25) is 9.48 Å². The zero-order valence-corrected chi connectivity index (χ0v) is 16.0. The summed E-state index contributed by atoms with van der Waals surface area (Å²) in [5.74, 6) is -0.00420. The Labute approximate surface area is 153 Å². The highest BCUT2D eigenvalue weighted by Crippen LogP contribution is 2.18. The maximum atomic E-state index is 12.4. The van der Waals surface area contributed by atoms with E-state index >= 15 is 0 Å². The molecule has 136 valence electrons. The van der Waals surface area contributed by atoms with Crippen LogP contribution in [-0.4, -0.2) is 25.5 Å². The Morgan fingerprint density at radius 3 is 2.23 bits per heavy atom. The molecule has 26 heavy (non-hydrogen) atoms. The average Bonchev–Trinajstić information content (AvgIpc) is 3.04. The van der Waals surface area contributed by atoms with Crippen molar-refractivity contribution in [2.75, 3.05) is 0 Å². The predicted octanol–water partition coefficient (Wildman–Crippen LogP) is 2.70.